The minimum atomic E-state index is 0.654. The maximum atomic E-state index is 5.62. The van der Waals surface area contributed by atoms with Crippen molar-refractivity contribution >= 4 is 0 Å². The highest BCUT2D eigenvalue weighted by molar-refractivity contribution is 5.43. The van der Waals surface area contributed by atoms with Gasteiger partial charge in [0.15, 0.2) is 11.5 Å². The summed E-state index contributed by atoms with van der Waals surface area (Å²) in [5.41, 5.74) is 1.27. The molecule has 3 atom stereocenters. The van der Waals surface area contributed by atoms with Gasteiger partial charge in [-0.05, 0) is 54.8 Å². The summed E-state index contributed by atoms with van der Waals surface area (Å²) in [6, 6.07) is 6.25. The van der Waals surface area contributed by atoms with Crippen LogP contribution in [-0.4, -0.2) is 19.8 Å². The van der Waals surface area contributed by atoms with Crippen molar-refractivity contribution in [3.63, 3.8) is 0 Å². The Balaban J connectivity index is 1.32. The van der Waals surface area contributed by atoms with Gasteiger partial charge < -0.3 is 14.8 Å². The van der Waals surface area contributed by atoms with Crippen LogP contribution in [0.5, 0.6) is 11.5 Å². The first-order valence-corrected chi connectivity index (χ1v) is 7.66. The summed E-state index contributed by atoms with van der Waals surface area (Å²) in [5.74, 6) is 4.28. The largest absolute Gasteiger partial charge is 0.486 e. The van der Waals surface area contributed by atoms with Crippen LogP contribution in [0.15, 0.2) is 30.4 Å². The van der Waals surface area contributed by atoms with Gasteiger partial charge in [-0.25, -0.2) is 0 Å². The van der Waals surface area contributed by atoms with Crippen LogP contribution in [-0.2, 0) is 6.54 Å². The summed E-state index contributed by atoms with van der Waals surface area (Å²) in [7, 11) is 0. The standard InChI is InChI=1S/C17H21NO2/c1-3-14-7-12(1)8-15(14)11-18-10-13-2-4-16-17(9-13)20-6-5-19-16/h1-4,9,12,14-15,18H,5-8,10-11H2. The number of fused-ring (bicyclic) bond motifs is 3. The predicted molar refractivity (Wildman–Crippen MR) is 78.0 cm³/mol. The third kappa shape index (κ3) is 2.31. The summed E-state index contributed by atoms with van der Waals surface area (Å²) < 4.78 is 11.2. The fourth-order valence-corrected chi connectivity index (χ4v) is 3.73. The lowest BCUT2D eigenvalue weighted by Crippen LogP contribution is -2.25. The van der Waals surface area contributed by atoms with Gasteiger partial charge in [0.1, 0.15) is 13.2 Å². The lowest BCUT2D eigenvalue weighted by Gasteiger charge is -2.20. The molecule has 20 heavy (non-hydrogen) atoms. The van der Waals surface area contributed by atoms with Gasteiger partial charge in [-0.15, -0.1) is 0 Å². The molecule has 0 amide bonds. The first-order valence-electron chi connectivity index (χ1n) is 7.66. The van der Waals surface area contributed by atoms with Gasteiger partial charge >= 0.3 is 0 Å². The SMILES string of the molecule is C1=CC2CC1CC2CNCc1ccc2c(c1)OCCO2. The Morgan fingerprint density at radius 1 is 1.05 bits per heavy atom. The maximum absolute atomic E-state index is 5.62. The zero-order valence-corrected chi connectivity index (χ0v) is 11.7. The number of benzene rings is 1. The molecule has 1 N–H and O–H groups in total. The third-order valence-corrected chi connectivity index (χ3v) is 4.76. The Labute approximate surface area is 120 Å². The molecule has 1 saturated carbocycles. The topological polar surface area (TPSA) is 30.5 Å². The van der Waals surface area contributed by atoms with Crippen LogP contribution in [0.4, 0.5) is 0 Å². The molecule has 3 unspecified atom stereocenters. The molecular formula is C17H21NO2. The number of allylic oxidation sites excluding steroid dienone is 2. The normalized spacial score (nSPS) is 29.9. The minimum absolute atomic E-state index is 0.654. The Bertz CT molecular complexity index is 526. The molecule has 0 aromatic heterocycles. The monoisotopic (exact) mass is 271 g/mol. The van der Waals surface area contributed by atoms with Crippen LogP contribution in [0.1, 0.15) is 18.4 Å². The van der Waals surface area contributed by atoms with Crippen LogP contribution in [0, 0.1) is 17.8 Å². The van der Waals surface area contributed by atoms with Gasteiger partial charge in [0.25, 0.3) is 0 Å². The predicted octanol–water partition coefficient (Wildman–Crippen LogP) is 2.76. The summed E-state index contributed by atoms with van der Waals surface area (Å²) in [4.78, 5) is 0. The van der Waals surface area contributed by atoms with E-state index < -0.39 is 0 Å². The van der Waals surface area contributed by atoms with Gasteiger partial charge in [0, 0.05) is 6.54 Å². The van der Waals surface area contributed by atoms with Crippen molar-refractivity contribution in [1.82, 2.24) is 5.32 Å². The number of hydrogen-bond donors (Lipinski definition) is 1. The average molecular weight is 271 g/mol. The van der Waals surface area contributed by atoms with Crippen molar-refractivity contribution in [2.45, 2.75) is 19.4 Å². The van der Waals surface area contributed by atoms with E-state index in [1.54, 1.807) is 0 Å². The Morgan fingerprint density at radius 2 is 1.95 bits per heavy atom. The molecule has 106 valence electrons. The molecule has 1 aliphatic heterocycles. The lowest BCUT2D eigenvalue weighted by molar-refractivity contribution is 0.171. The molecule has 3 heteroatoms. The maximum Gasteiger partial charge on any atom is 0.161 e. The molecule has 2 bridgehead atoms. The Kier molecular flexibility index (Phi) is 3.15. The molecule has 1 aromatic rings. The molecule has 1 fully saturated rings. The second-order valence-corrected chi connectivity index (χ2v) is 6.15. The van der Waals surface area contributed by atoms with Crippen molar-refractivity contribution in [2.24, 2.45) is 17.8 Å². The van der Waals surface area contributed by atoms with Crippen LogP contribution in [0.2, 0.25) is 0 Å². The summed E-state index contributed by atoms with van der Waals surface area (Å²) >= 11 is 0. The molecule has 0 spiro atoms. The average Bonchev–Trinajstić information content (AvgIpc) is 3.10. The molecule has 3 aliphatic rings. The van der Waals surface area contributed by atoms with Gasteiger partial charge in [-0.2, -0.15) is 0 Å². The molecule has 0 radical (unpaired) electrons. The number of hydrogen-bond acceptors (Lipinski definition) is 3. The highest BCUT2D eigenvalue weighted by atomic mass is 16.6. The third-order valence-electron chi connectivity index (χ3n) is 4.76. The Hall–Kier alpha value is -1.48. The van der Waals surface area contributed by atoms with E-state index in [1.807, 2.05) is 6.07 Å². The number of rotatable bonds is 4. The van der Waals surface area contributed by atoms with Crippen LogP contribution in [0.25, 0.3) is 0 Å². The quantitative estimate of drug-likeness (QED) is 0.854. The molecule has 1 heterocycles. The van der Waals surface area contributed by atoms with Gasteiger partial charge in [-0.1, -0.05) is 18.2 Å². The van der Waals surface area contributed by atoms with Crippen molar-refractivity contribution in [3.8, 4) is 11.5 Å². The van der Waals surface area contributed by atoms with E-state index >= 15 is 0 Å². The van der Waals surface area contributed by atoms with Gasteiger partial charge in [0.2, 0.25) is 0 Å². The number of ether oxygens (including phenoxy) is 2. The molecular weight excluding hydrogens is 250 g/mol. The van der Waals surface area contributed by atoms with Crippen LogP contribution in [0.3, 0.4) is 0 Å². The van der Waals surface area contributed by atoms with E-state index in [-0.39, 0.29) is 0 Å². The van der Waals surface area contributed by atoms with E-state index in [2.05, 4.69) is 29.6 Å². The molecule has 1 aromatic carbocycles. The fraction of sp³-hybridized carbons (Fsp3) is 0.529. The molecule has 0 saturated heterocycles. The molecule has 3 nitrogen and oxygen atoms in total. The van der Waals surface area contributed by atoms with E-state index in [9.17, 15) is 0 Å². The van der Waals surface area contributed by atoms with Crippen molar-refractivity contribution in [2.75, 3.05) is 19.8 Å². The minimum Gasteiger partial charge on any atom is -0.486 e. The zero-order chi connectivity index (χ0) is 13.4. The van der Waals surface area contributed by atoms with E-state index in [4.69, 9.17) is 9.47 Å². The Morgan fingerprint density at radius 3 is 2.75 bits per heavy atom. The van der Waals surface area contributed by atoms with Crippen molar-refractivity contribution in [1.29, 1.82) is 0 Å². The zero-order valence-electron chi connectivity index (χ0n) is 11.7. The van der Waals surface area contributed by atoms with Crippen molar-refractivity contribution in [3.05, 3.63) is 35.9 Å². The van der Waals surface area contributed by atoms with Gasteiger partial charge in [0.05, 0.1) is 0 Å². The van der Waals surface area contributed by atoms with E-state index in [1.165, 1.54) is 18.4 Å². The summed E-state index contributed by atoms with van der Waals surface area (Å²) in [6.45, 7) is 3.35. The highest BCUT2D eigenvalue weighted by Crippen LogP contribution is 2.43. The highest BCUT2D eigenvalue weighted by Gasteiger charge is 2.34. The first-order chi connectivity index (χ1) is 9.88. The number of nitrogens with one attached hydrogen (secondary N) is 1. The fourth-order valence-electron chi connectivity index (χ4n) is 3.73. The van der Waals surface area contributed by atoms with E-state index in [0.29, 0.717) is 13.2 Å². The smallest absolute Gasteiger partial charge is 0.161 e. The molecule has 4 rings (SSSR count). The summed E-state index contributed by atoms with van der Waals surface area (Å²) in [5, 5.41) is 3.61. The van der Waals surface area contributed by atoms with Crippen LogP contribution >= 0.6 is 0 Å². The second kappa shape index (κ2) is 5.13. The van der Waals surface area contributed by atoms with Crippen LogP contribution < -0.4 is 14.8 Å². The summed E-state index contributed by atoms with van der Waals surface area (Å²) in [6.07, 6.45) is 7.58. The van der Waals surface area contributed by atoms with E-state index in [0.717, 1.165) is 42.3 Å². The molecule has 2 aliphatic carbocycles. The second-order valence-electron chi connectivity index (χ2n) is 6.15. The van der Waals surface area contributed by atoms with Gasteiger partial charge in [-0.3, -0.25) is 0 Å². The van der Waals surface area contributed by atoms with Crippen molar-refractivity contribution < 1.29 is 9.47 Å². The lowest BCUT2D eigenvalue weighted by atomic mass is 9.93. The first kappa shape index (κ1) is 12.3.